The summed E-state index contributed by atoms with van der Waals surface area (Å²) in [5, 5.41) is 6.90. The first-order valence-corrected chi connectivity index (χ1v) is 16.7. The topological polar surface area (TPSA) is 80.2 Å². The molecule has 6 nitrogen and oxygen atoms in total. The van der Waals surface area contributed by atoms with Crippen LogP contribution in [-0.4, -0.2) is 28.0 Å². The standard InChI is InChI=1S/C39H37N3O3S/c1-26(2)28-18-16-27(17-19-28)24-34(41-38(44)29-10-4-3-5-11-29)39(45)40-30-20-22-31(23-21-30)46-25-37(43)42-35-14-8-6-12-32(35)33-13-7-9-15-36(33)42/h3-6,8,10-12,14,16-24,26H,7,9,13,15,25H2,1-2H3,(H,40,45)(H,41,44)/b34-24-. The Bertz CT molecular complexity index is 1910. The number of nitrogens with one attached hydrogen (secondary N) is 2. The number of carbonyl (C=O) groups excluding carboxylic acids is 3. The van der Waals surface area contributed by atoms with Gasteiger partial charge < -0.3 is 10.6 Å². The predicted octanol–water partition coefficient (Wildman–Crippen LogP) is 8.49. The third-order valence-electron chi connectivity index (χ3n) is 8.35. The number of fused-ring (bicyclic) bond motifs is 3. The van der Waals surface area contributed by atoms with Gasteiger partial charge >= 0.3 is 0 Å². The molecule has 4 aromatic carbocycles. The fraction of sp³-hybridized carbons (Fsp3) is 0.205. The van der Waals surface area contributed by atoms with Gasteiger partial charge in [-0.1, -0.05) is 74.5 Å². The van der Waals surface area contributed by atoms with Crippen molar-refractivity contribution in [2.75, 3.05) is 11.1 Å². The molecule has 1 aromatic heterocycles. The first kappa shape index (κ1) is 31.1. The molecule has 0 saturated heterocycles. The minimum Gasteiger partial charge on any atom is -0.321 e. The van der Waals surface area contributed by atoms with E-state index < -0.39 is 5.91 Å². The van der Waals surface area contributed by atoms with Crippen LogP contribution in [0.3, 0.4) is 0 Å². The van der Waals surface area contributed by atoms with E-state index in [4.69, 9.17) is 0 Å². The summed E-state index contributed by atoms with van der Waals surface area (Å²) < 4.78 is 1.93. The maximum absolute atomic E-state index is 13.5. The SMILES string of the molecule is CC(C)c1ccc(/C=C(\NC(=O)c2ccccc2)C(=O)Nc2ccc(SCC(=O)n3c4c(c5ccccc53)CCCC4)cc2)cc1. The zero-order chi connectivity index (χ0) is 32.0. The lowest BCUT2D eigenvalue weighted by Crippen LogP contribution is -2.30. The Morgan fingerprint density at radius 2 is 1.52 bits per heavy atom. The Kier molecular flexibility index (Phi) is 9.50. The van der Waals surface area contributed by atoms with Crippen LogP contribution in [0.25, 0.3) is 17.0 Å². The highest BCUT2D eigenvalue weighted by atomic mass is 32.2. The molecule has 5 aromatic rings. The number of thioether (sulfide) groups is 1. The molecule has 1 aliphatic carbocycles. The molecule has 0 fully saturated rings. The van der Waals surface area contributed by atoms with E-state index in [1.54, 1.807) is 30.3 Å². The number of hydrogen-bond donors (Lipinski definition) is 2. The lowest BCUT2D eigenvalue weighted by Gasteiger charge is -2.15. The Labute approximate surface area is 273 Å². The van der Waals surface area contributed by atoms with Crippen molar-refractivity contribution >= 4 is 52.1 Å². The summed E-state index contributed by atoms with van der Waals surface area (Å²) in [6.07, 6.45) is 5.90. The van der Waals surface area contributed by atoms with Gasteiger partial charge in [0.2, 0.25) is 5.91 Å². The first-order chi connectivity index (χ1) is 22.4. The molecule has 0 aliphatic heterocycles. The van der Waals surface area contributed by atoms with Crippen LogP contribution in [0.2, 0.25) is 0 Å². The summed E-state index contributed by atoms with van der Waals surface area (Å²) in [5.74, 6) is -0.0276. The highest BCUT2D eigenvalue weighted by Gasteiger charge is 2.23. The number of para-hydroxylation sites is 1. The van der Waals surface area contributed by atoms with Crippen molar-refractivity contribution < 1.29 is 14.4 Å². The molecule has 0 radical (unpaired) electrons. The third kappa shape index (κ3) is 7.00. The summed E-state index contributed by atoms with van der Waals surface area (Å²) in [4.78, 5) is 40.9. The number of hydrogen-bond acceptors (Lipinski definition) is 4. The van der Waals surface area contributed by atoms with Gasteiger partial charge in [0.1, 0.15) is 5.70 Å². The smallest absolute Gasteiger partial charge is 0.272 e. The maximum Gasteiger partial charge on any atom is 0.272 e. The van der Waals surface area contributed by atoms with Crippen molar-refractivity contribution in [1.82, 2.24) is 9.88 Å². The third-order valence-corrected chi connectivity index (χ3v) is 9.34. The van der Waals surface area contributed by atoms with Crippen molar-refractivity contribution in [3.63, 3.8) is 0 Å². The van der Waals surface area contributed by atoms with E-state index in [0.717, 1.165) is 47.4 Å². The van der Waals surface area contributed by atoms with E-state index in [-0.39, 0.29) is 17.5 Å². The predicted molar refractivity (Wildman–Crippen MR) is 187 cm³/mol. The monoisotopic (exact) mass is 627 g/mol. The maximum atomic E-state index is 13.5. The number of nitrogens with zero attached hydrogens (tertiary/aromatic N) is 1. The minimum atomic E-state index is -0.433. The van der Waals surface area contributed by atoms with Gasteiger partial charge in [0, 0.05) is 27.2 Å². The van der Waals surface area contributed by atoms with Crippen LogP contribution in [0.15, 0.2) is 114 Å². The van der Waals surface area contributed by atoms with E-state index in [1.807, 2.05) is 77.4 Å². The molecule has 7 heteroatoms. The van der Waals surface area contributed by atoms with Crippen molar-refractivity contribution in [2.45, 2.75) is 50.3 Å². The minimum absolute atomic E-state index is 0.0760. The Morgan fingerprint density at radius 1 is 0.826 bits per heavy atom. The normalized spacial score (nSPS) is 13.0. The number of aromatic nitrogens is 1. The fourth-order valence-electron chi connectivity index (χ4n) is 5.91. The zero-order valence-corrected chi connectivity index (χ0v) is 26.9. The fourth-order valence-corrected chi connectivity index (χ4v) is 6.66. The number of amides is 2. The second kappa shape index (κ2) is 14.0. The Hall–Kier alpha value is -4.88. The van der Waals surface area contributed by atoms with Crippen LogP contribution in [-0.2, 0) is 17.6 Å². The van der Waals surface area contributed by atoms with Crippen LogP contribution in [0, 0.1) is 0 Å². The van der Waals surface area contributed by atoms with E-state index in [0.29, 0.717) is 22.9 Å². The molecule has 1 heterocycles. The quantitative estimate of drug-likeness (QED) is 0.127. The molecule has 0 atom stereocenters. The van der Waals surface area contributed by atoms with E-state index in [2.05, 4.69) is 30.5 Å². The molecular formula is C39H37N3O3S. The van der Waals surface area contributed by atoms with Crippen molar-refractivity contribution in [1.29, 1.82) is 0 Å². The van der Waals surface area contributed by atoms with Gasteiger partial charge in [-0.2, -0.15) is 0 Å². The van der Waals surface area contributed by atoms with Crippen LogP contribution < -0.4 is 10.6 Å². The number of carbonyl (C=O) groups is 3. The molecule has 2 N–H and O–H groups in total. The molecule has 2 amide bonds. The van der Waals surface area contributed by atoms with Crippen molar-refractivity contribution in [3.8, 4) is 0 Å². The van der Waals surface area contributed by atoms with Crippen LogP contribution in [0.4, 0.5) is 5.69 Å². The number of anilines is 1. The molecule has 0 saturated carbocycles. The Morgan fingerprint density at radius 3 is 2.26 bits per heavy atom. The largest absolute Gasteiger partial charge is 0.321 e. The zero-order valence-electron chi connectivity index (χ0n) is 26.1. The molecule has 0 spiro atoms. The molecule has 232 valence electrons. The van der Waals surface area contributed by atoms with Crippen molar-refractivity contribution in [3.05, 3.63) is 137 Å². The number of aryl methyl sites for hydroxylation is 1. The molecule has 1 aliphatic rings. The summed E-state index contributed by atoms with van der Waals surface area (Å²) in [6, 6.07) is 32.4. The summed E-state index contributed by atoms with van der Waals surface area (Å²) in [7, 11) is 0. The summed E-state index contributed by atoms with van der Waals surface area (Å²) in [6.45, 7) is 4.25. The lowest BCUT2D eigenvalue weighted by molar-refractivity contribution is -0.113. The number of benzene rings is 4. The highest BCUT2D eigenvalue weighted by Crippen LogP contribution is 2.33. The van der Waals surface area contributed by atoms with Gasteiger partial charge in [0.25, 0.3) is 11.8 Å². The van der Waals surface area contributed by atoms with Gasteiger partial charge in [0.05, 0.1) is 11.3 Å². The van der Waals surface area contributed by atoms with E-state index in [1.165, 1.54) is 28.3 Å². The van der Waals surface area contributed by atoms with E-state index in [9.17, 15) is 14.4 Å². The second-order valence-corrected chi connectivity index (χ2v) is 12.9. The summed E-state index contributed by atoms with van der Waals surface area (Å²) >= 11 is 1.48. The average Bonchev–Trinajstić information content (AvgIpc) is 3.42. The second-order valence-electron chi connectivity index (χ2n) is 11.8. The van der Waals surface area contributed by atoms with Crippen molar-refractivity contribution in [2.24, 2.45) is 0 Å². The van der Waals surface area contributed by atoms with Gasteiger partial charge in [-0.3, -0.25) is 19.0 Å². The Balaban J connectivity index is 1.15. The van der Waals surface area contributed by atoms with Gasteiger partial charge in [0.15, 0.2) is 0 Å². The van der Waals surface area contributed by atoms with Gasteiger partial charge in [-0.05, 0) is 96.8 Å². The van der Waals surface area contributed by atoms with Gasteiger partial charge in [-0.25, -0.2) is 0 Å². The van der Waals surface area contributed by atoms with Gasteiger partial charge in [-0.15, -0.1) is 11.8 Å². The summed E-state index contributed by atoms with van der Waals surface area (Å²) in [5.41, 5.74) is 6.65. The molecule has 0 unspecified atom stereocenters. The average molecular weight is 628 g/mol. The lowest BCUT2D eigenvalue weighted by atomic mass is 9.96. The highest BCUT2D eigenvalue weighted by molar-refractivity contribution is 8.00. The van der Waals surface area contributed by atoms with Crippen LogP contribution >= 0.6 is 11.8 Å². The van der Waals surface area contributed by atoms with Crippen LogP contribution in [0.1, 0.15) is 70.1 Å². The molecule has 0 bridgehead atoms. The molecule has 46 heavy (non-hydrogen) atoms. The first-order valence-electron chi connectivity index (χ1n) is 15.7. The molecular weight excluding hydrogens is 591 g/mol. The molecule has 6 rings (SSSR count). The van der Waals surface area contributed by atoms with E-state index >= 15 is 0 Å². The van der Waals surface area contributed by atoms with Crippen LogP contribution in [0.5, 0.6) is 0 Å². The number of rotatable bonds is 9.